The maximum Gasteiger partial charge on any atom is 0.295 e. The van der Waals surface area contributed by atoms with Gasteiger partial charge in [-0.2, -0.15) is 13.7 Å². The van der Waals surface area contributed by atoms with Crippen LogP contribution in [0.25, 0.3) is 10.8 Å². The summed E-state index contributed by atoms with van der Waals surface area (Å²) in [5, 5.41) is 28.2. The Morgan fingerprint density at radius 1 is 1.17 bits per heavy atom. The van der Waals surface area contributed by atoms with Crippen LogP contribution < -0.4 is 5.56 Å². The Kier molecular flexibility index (Phi) is 5.43. The number of nitriles is 1. The summed E-state index contributed by atoms with van der Waals surface area (Å²) in [7, 11) is -4.54. The third-order valence-electron chi connectivity index (χ3n) is 4.82. The molecule has 0 aliphatic carbocycles. The number of fused-ring (bicyclic) bond motifs is 1. The Morgan fingerprint density at radius 2 is 1.87 bits per heavy atom. The molecule has 1 aromatic heterocycles. The standard InChI is InChI=1S/C20H18N4O5S/c1-4-24-19(25)14(10-21)12(3)18(20(24)26)23-22-15-9-8-11(2)13-6-5-7-16(17(13)15)30(27,28)29/h5-9,25H,4H2,1-3H3,(H,27,28,29). The molecule has 10 heteroatoms. The van der Waals surface area contributed by atoms with Gasteiger partial charge in [-0.05, 0) is 43.9 Å². The van der Waals surface area contributed by atoms with E-state index in [0.717, 1.165) is 10.1 Å². The van der Waals surface area contributed by atoms with Gasteiger partial charge >= 0.3 is 0 Å². The van der Waals surface area contributed by atoms with Crippen molar-refractivity contribution in [2.75, 3.05) is 0 Å². The maximum atomic E-state index is 12.7. The van der Waals surface area contributed by atoms with Gasteiger partial charge in [0.15, 0.2) is 5.69 Å². The van der Waals surface area contributed by atoms with Crippen LogP contribution in [0.3, 0.4) is 0 Å². The SMILES string of the molecule is CCn1c(O)c(C#N)c(C)c(N=Nc2ccc(C)c3cccc(S(=O)(=O)O)c23)c1=O. The van der Waals surface area contributed by atoms with E-state index < -0.39 is 21.6 Å². The molecule has 0 saturated heterocycles. The van der Waals surface area contributed by atoms with Crippen molar-refractivity contribution in [3.63, 3.8) is 0 Å². The molecule has 0 fully saturated rings. The van der Waals surface area contributed by atoms with Crippen LogP contribution in [0, 0.1) is 25.2 Å². The van der Waals surface area contributed by atoms with E-state index in [9.17, 15) is 28.1 Å². The largest absolute Gasteiger partial charge is 0.493 e. The van der Waals surface area contributed by atoms with Crippen LogP contribution >= 0.6 is 0 Å². The van der Waals surface area contributed by atoms with Crippen molar-refractivity contribution in [1.82, 2.24) is 4.57 Å². The predicted octanol–water partition coefficient (Wildman–Crippen LogP) is 3.88. The Balaban J connectivity index is 2.33. The number of aryl methyl sites for hydroxylation is 1. The van der Waals surface area contributed by atoms with Crippen LogP contribution in [-0.4, -0.2) is 22.6 Å². The Bertz CT molecular complexity index is 1420. The minimum atomic E-state index is -4.54. The van der Waals surface area contributed by atoms with Crippen molar-refractivity contribution in [2.45, 2.75) is 32.2 Å². The Morgan fingerprint density at radius 3 is 2.47 bits per heavy atom. The van der Waals surface area contributed by atoms with E-state index in [2.05, 4.69) is 10.2 Å². The van der Waals surface area contributed by atoms with Gasteiger partial charge in [0.2, 0.25) is 5.88 Å². The first kappa shape index (κ1) is 21.2. The Hall–Kier alpha value is -3.55. The zero-order chi connectivity index (χ0) is 22.2. The van der Waals surface area contributed by atoms with Crippen molar-refractivity contribution < 1.29 is 18.1 Å². The molecule has 0 spiro atoms. The van der Waals surface area contributed by atoms with Crippen molar-refractivity contribution >= 4 is 32.3 Å². The second-order valence-electron chi connectivity index (χ2n) is 6.59. The molecular formula is C20H18N4O5S. The average Bonchev–Trinajstić information content (AvgIpc) is 2.69. The molecule has 3 rings (SSSR count). The lowest BCUT2D eigenvalue weighted by atomic mass is 10.0. The summed E-state index contributed by atoms with van der Waals surface area (Å²) < 4.78 is 34.3. The molecule has 0 radical (unpaired) electrons. The predicted molar refractivity (Wildman–Crippen MR) is 110 cm³/mol. The number of benzene rings is 2. The normalized spacial score (nSPS) is 11.8. The van der Waals surface area contributed by atoms with Gasteiger partial charge in [-0.15, -0.1) is 10.2 Å². The van der Waals surface area contributed by atoms with Gasteiger partial charge in [0.05, 0.1) is 5.69 Å². The average molecular weight is 426 g/mol. The highest BCUT2D eigenvalue weighted by atomic mass is 32.2. The fourth-order valence-electron chi connectivity index (χ4n) is 3.25. The van der Waals surface area contributed by atoms with E-state index in [4.69, 9.17) is 0 Å². The summed E-state index contributed by atoms with van der Waals surface area (Å²) in [5.74, 6) is -0.448. The van der Waals surface area contributed by atoms with E-state index in [-0.39, 0.29) is 39.3 Å². The number of hydrogen-bond donors (Lipinski definition) is 2. The van der Waals surface area contributed by atoms with Crippen LogP contribution in [0.15, 0.2) is 50.3 Å². The quantitative estimate of drug-likeness (QED) is 0.478. The summed E-state index contributed by atoms with van der Waals surface area (Å²) in [4.78, 5) is 12.3. The number of rotatable bonds is 4. The topological polar surface area (TPSA) is 145 Å². The second-order valence-corrected chi connectivity index (χ2v) is 7.98. The van der Waals surface area contributed by atoms with E-state index in [1.165, 1.54) is 25.1 Å². The van der Waals surface area contributed by atoms with Crippen LogP contribution in [-0.2, 0) is 16.7 Å². The minimum Gasteiger partial charge on any atom is -0.493 e. The molecule has 2 N–H and O–H groups in total. The lowest BCUT2D eigenvalue weighted by molar-refractivity contribution is 0.409. The molecule has 0 atom stereocenters. The molecule has 0 aliphatic heterocycles. The first-order valence-electron chi connectivity index (χ1n) is 8.89. The molecule has 1 heterocycles. The van der Waals surface area contributed by atoms with Gasteiger partial charge in [0.25, 0.3) is 15.7 Å². The molecule has 0 bridgehead atoms. The fourth-order valence-corrected chi connectivity index (χ4v) is 3.98. The number of pyridine rings is 1. The van der Waals surface area contributed by atoms with E-state index in [1.54, 1.807) is 26.0 Å². The Labute approximate surface area is 172 Å². The van der Waals surface area contributed by atoms with Crippen LogP contribution in [0.1, 0.15) is 23.6 Å². The molecular weight excluding hydrogens is 408 g/mol. The summed E-state index contributed by atoms with van der Waals surface area (Å²) >= 11 is 0. The zero-order valence-electron chi connectivity index (χ0n) is 16.4. The summed E-state index contributed by atoms with van der Waals surface area (Å²) in [5.41, 5.74) is 0.149. The zero-order valence-corrected chi connectivity index (χ0v) is 17.2. The van der Waals surface area contributed by atoms with E-state index in [1.807, 2.05) is 6.07 Å². The summed E-state index contributed by atoms with van der Waals surface area (Å²) in [6.45, 7) is 4.98. The molecule has 9 nitrogen and oxygen atoms in total. The highest BCUT2D eigenvalue weighted by Crippen LogP contribution is 2.35. The third kappa shape index (κ3) is 3.45. The molecule has 0 amide bonds. The van der Waals surface area contributed by atoms with Crippen LogP contribution in [0.2, 0.25) is 0 Å². The monoisotopic (exact) mass is 426 g/mol. The smallest absolute Gasteiger partial charge is 0.295 e. The molecule has 0 unspecified atom stereocenters. The summed E-state index contributed by atoms with van der Waals surface area (Å²) in [6.07, 6.45) is 0. The number of aromatic nitrogens is 1. The molecule has 3 aromatic rings. The van der Waals surface area contributed by atoms with Gasteiger partial charge in [0.1, 0.15) is 16.5 Å². The molecule has 154 valence electrons. The fraction of sp³-hybridized carbons (Fsp3) is 0.200. The highest BCUT2D eigenvalue weighted by molar-refractivity contribution is 7.86. The van der Waals surface area contributed by atoms with Crippen molar-refractivity contribution in [2.24, 2.45) is 10.2 Å². The van der Waals surface area contributed by atoms with E-state index in [0.29, 0.717) is 5.39 Å². The van der Waals surface area contributed by atoms with Crippen molar-refractivity contribution in [1.29, 1.82) is 5.26 Å². The van der Waals surface area contributed by atoms with Gasteiger partial charge in [-0.1, -0.05) is 18.2 Å². The summed E-state index contributed by atoms with van der Waals surface area (Å²) in [6, 6.07) is 9.51. The maximum absolute atomic E-state index is 12.7. The molecule has 0 saturated carbocycles. The first-order valence-corrected chi connectivity index (χ1v) is 10.3. The van der Waals surface area contributed by atoms with Gasteiger partial charge in [-0.3, -0.25) is 13.9 Å². The number of nitrogens with zero attached hydrogens (tertiary/aromatic N) is 4. The van der Waals surface area contributed by atoms with Gasteiger partial charge in [-0.25, -0.2) is 0 Å². The number of aromatic hydroxyl groups is 1. The van der Waals surface area contributed by atoms with E-state index >= 15 is 0 Å². The number of azo groups is 1. The van der Waals surface area contributed by atoms with Gasteiger partial charge in [0, 0.05) is 17.5 Å². The second kappa shape index (κ2) is 7.70. The number of hydrogen-bond acceptors (Lipinski definition) is 7. The molecule has 30 heavy (non-hydrogen) atoms. The highest BCUT2D eigenvalue weighted by Gasteiger charge is 2.20. The van der Waals surface area contributed by atoms with Crippen LogP contribution in [0.5, 0.6) is 5.88 Å². The van der Waals surface area contributed by atoms with Crippen LogP contribution in [0.4, 0.5) is 11.4 Å². The molecule has 2 aromatic carbocycles. The first-order chi connectivity index (χ1) is 14.1. The van der Waals surface area contributed by atoms with Crippen molar-refractivity contribution in [3.8, 4) is 11.9 Å². The minimum absolute atomic E-state index is 0.0993. The third-order valence-corrected chi connectivity index (χ3v) is 5.72. The lowest BCUT2D eigenvalue weighted by Gasteiger charge is -2.11. The molecule has 0 aliphatic rings. The van der Waals surface area contributed by atoms with Crippen molar-refractivity contribution in [3.05, 3.63) is 57.4 Å². The lowest BCUT2D eigenvalue weighted by Crippen LogP contribution is -2.20. The van der Waals surface area contributed by atoms with Gasteiger partial charge < -0.3 is 5.11 Å².